The molecule has 0 N–H and O–H groups in total. The molecule has 1 atom stereocenters. The van der Waals surface area contributed by atoms with Crippen LogP contribution in [-0.2, 0) is 0 Å². The Morgan fingerprint density at radius 1 is 0.640 bits per heavy atom. The summed E-state index contributed by atoms with van der Waals surface area (Å²) in [7, 11) is 0. The molecule has 1 heteroatoms. The summed E-state index contributed by atoms with van der Waals surface area (Å²) in [5.74, 6) is 0.603. The number of benzene rings is 3. The van der Waals surface area contributed by atoms with Crippen LogP contribution >= 0.6 is 0 Å². The van der Waals surface area contributed by atoms with Crippen LogP contribution < -0.4 is 4.90 Å². The fourth-order valence-corrected chi connectivity index (χ4v) is 2.79. The van der Waals surface area contributed by atoms with Crippen LogP contribution in [0.1, 0.15) is 46.6 Å². The van der Waals surface area contributed by atoms with Gasteiger partial charge in [-0.1, -0.05) is 77.2 Å². The number of hydrogen-bond acceptors (Lipinski definition) is 1. The topological polar surface area (TPSA) is 3.24 Å². The number of hydrogen-bond donors (Lipinski definition) is 0. The lowest BCUT2D eigenvalue weighted by molar-refractivity contribution is 0.733. The lowest BCUT2D eigenvalue weighted by atomic mass is 9.98. The van der Waals surface area contributed by atoms with Gasteiger partial charge in [0.25, 0.3) is 0 Å². The van der Waals surface area contributed by atoms with E-state index in [2.05, 4.69) is 104 Å². The van der Waals surface area contributed by atoms with Gasteiger partial charge in [0.1, 0.15) is 0 Å². The summed E-state index contributed by atoms with van der Waals surface area (Å²) in [4.78, 5) is 2.29. The molecule has 0 bridgehead atoms. The van der Waals surface area contributed by atoms with Crippen molar-refractivity contribution in [3.05, 3.63) is 90.5 Å². The van der Waals surface area contributed by atoms with E-state index < -0.39 is 0 Å². The summed E-state index contributed by atoms with van der Waals surface area (Å²) in [6.07, 6.45) is 1.17. The highest BCUT2D eigenvalue weighted by Crippen LogP contribution is 2.34. The van der Waals surface area contributed by atoms with Crippen LogP contribution in [0.2, 0.25) is 0 Å². The lowest BCUT2D eigenvalue weighted by Gasteiger charge is -2.25. The maximum absolute atomic E-state index is 2.29. The number of para-hydroxylation sites is 2. The van der Waals surface area contributed by atoms with E-state index in [0.717, 1.165) is 0 Å². The highest BCUT2D eigenvalue weighted by Gasteiger charge is 2.12. The van der Waals surface area contributed by atoms with Crippen LogP contribution in [-0.4, -0.2) is 0 Å². The summed E-state index contributed by atoms with van der Waals surface area (Å²) in [6, 6.07) is 30.0. The number of anilines is 3. The molecule has 0 saturated carbocycles. The van der Waals surface area contributed by atoms with Crippen molar-refractivity contribution in [1.29, 1.82) is 0 Å². The average molecular weight is 334 g/mol. The second kappa shape index (κ2) is 9.68. The normalized spacial score (nSPS) is 11.0. The van der Waals surface area contributed by atoms with Crippen molar-refractivity contribution in [3.63, 3.8) is 0 Å². The lowest BCUT2D eigenvalue weighted by Crippen LogP contribution is -2.09. The molecule has 3 aromatic carbocycles. The Bertz CT molecular complexity index is 678. The SMILES string of the molecule is C.C.CCC(C)c1ccc(N(c2ccccc2)c2ccccc2)cc1. The van der Waals surface area contributed by atoms with Gasteiger partial charge in [-0.15, -0.1) is 0 Å². The van der Waals surface area contributed by atoms with Crippen LogP contribution in [0.4, 0.5) is 17.1 Å². The smallest absolute Gasteiger partial charge is 0.0461 e. The van der Waals surface area contributed by atoms with E-state index in [4.69, 9.17) is 0 Å². The zero-order chi connectivity index (χ0) is 16.1. The molecule has 0 spiro atoms. The molecule has 0 aliphatic rings. The molecule has 132 valence electrons. The first-order chi connectivity index (χ1) is 11.3. The summed E-state index contributed by atoms with van der Waals surface area (Å²) < 4.78 is 0. The molecular formula is C24H31N. The molecule has 1 nitrogen and oxygen atoms in total. The zero-order valence-electron chi connectivity index (χ0n) is 13.8. The van der Waals surface area contributed by atoms with Crippen molar-refractivity contribution in [3.8, 4) is 0 Å². The molecule has 0 amide bonds. The van der Waals surface area contributed by atoms with Gasteiger partial charge in [0, 0.05) is 17.1 Å². The molecule has 0 aliphatic carbocycles. The zero-order valence-corrected chi connectivity index (χ0v) is 13.8. The van der Waals surface area contributed by atoms with Crippen molar-refractivity contribution in [1.82, 2.24) is 0 Å². The monoisotopic (exact) mass is 333 g/mol. The van der Waals surface area contributed by atoms with Crippen molar-refractivity contribution in [2.45, 2.75) is 41.0 Å². The minimum Gasteiger partial charge on any atom is -0.311 e. The first-order valence-corrected chi connectivity index (χ1v) is 8.29. The summed E-state index contributed by atoms with van der Waals surface area (Å²) in [6.45, 7) is 4.51. The molecule has 0 radical (unpaired) electrons. The molecule has 0 saturated heterocycles. The predicted molar refractivity (Wildman–Crippen MR) is 113 cm³/mol. The van der Waals surface area contributed by atoms with Crippen LogP contribution in [0, 0.1) is 0 Å². The Hall–Kier alpha value is -2.54. The van der Waals surface area contributed by atoms with E-state index in [1.165, 1.54) is 29.0 Å². The van der Waals surface area contributed by atoms with Gasteiger partial charge >= 0.3 is 0 Å². The van der Waals surface area contributed by atoms with E-state index >= 15 is 0 Å². The van der Waals surface area contributed by atoms with Gasteiger partial charge in [-0.2, -0.15) is 0 Å². The molecule has 0 fully saturated rings. The highest BCUT2D eigenvalue weighted by molar-refractivity contribution is 5.76. The van der Waals surface area contributed by atoms with E-state index in [-0.39, 0.29) is 14.9 Å². The first-order valence-electron chi connectivity index (χ1n) is 8.29. The Labute approximate surface area is 154 Å². The van der Waals surface area contributed by atoms with Crippen LogP contribution in [0.3, 0.4) is 0 Å². The van der Waals surface area contributed by atoms with Crippen molar-refractivity contribution in [2.75, 3.05) is 4.90 Å². The van der Waals surface area contributed by atoms with Gasteiger partial charge in [0.2, 0.25) is 0 Å². The van der Waals surface area contributed by atoms with Crippen molar-refractivity contribution >= 4 is 17.1 Å². The highest BCUT2D eigenvalue weighted by atomic mass is 15.1. The number of nitrogens with zero attached hydrogens (tertiary/aromatic N) is 1. The van der Waals surface area contributed by atoms with E-state index in [1.54, 1.807) is 0 Å². The van der Waals surface area contributed by atoms with E-state index in [0.29, 0.717) is 5.92 Å². The first kappa shape index (κ1) is 20.5. The Morgan fingerprint density at radius 2 is 1.04 bits per heavy atom. The Balaban J connectivity index is 0.00000156. The van der Waals surface area contributed by atoms with Gasteiger partial charge in [-0.3, -0.25) is 0 Å². The average Bonchev–Trinajstić information content (AvgIpc) is 2.64. The molecule has 1 unspecified atom stereocenters. The molecule has 0 aliphatic heterocycles. The molecule has 0 heterocycles. The minimum absolute atomic E-state index is 0. The molecule has 25 heavy (non-hydrogen) atoms. The van der Waals surface area contributed by atoms with Gasteiger partial charge in [-0.05, 0) is 54.3 Å². The standard InChI is InChI=1S/C22H23N.2CH4/c1-3-18(2)19-14-16-22(17-15-19)23(20-10-6-4-7-11-20)21-12-8-5-9-13-21;;/h4-18H,3H2,1-2H3;2*1H4. The van der Waals surface area contributed by atoms with E-state index in [1.807, 2.05) is 0 Å². The summed E-state index contributed by atoms with van der Waals surface area (Å²) in [5, 5.41) is 0. The summed E-state index contributed by atoms with van der Waals surface area (Å²) >= 11 is 0. The largest absolute Gasteiger partial charge is 0.311 e. The maximum atomic E-state index is 2.29. The second-order valence-electron chi connectivity index (χ2n) is 5.91. The minimum atomic E-state index is 0. The summed E-state index contributed by atoms with van der Waals surface area (Å²) in [5.41, 5.74) is 4.94. The molecule has 3 aromatic rings. The third-order valence-corrected chi connectivity index (χ3v) is 4.36. The van der Waals surface area contributed by atoms with Crippen LogP contribution in [0.25, 0.3) is 0 Å². The molecule has 0 aromatic heterocycles. The van der Waals surface area contributed by atoms with Gasteiger partial charge in [0.15, 0.2) is 0 Å². The van der Waals surface area contributed by atoms with Gasteiger partial charge in [-0.25, -0.2) is 0 Å². The fraction of sp³-hybridized carbons (Fsp3) is 0.250. The predicted octanol–water partition coefficient (Wildman–Crippen LogP) is 7.94. The Morgan fingerprint density at radius 3 is 1.44 bits per heavy atom. The third-order valence-electron chi connectivity index (χ3n) is 4.36. The van der Waals surface area contributed by atoms with Gasteiger partial charge in [0.05, 0.1) is 0 Å². The van der Waals surface area contributed by atoms with Crippen molar-refractivity contribution < 1.29 is 0 Å². The Kier molecular flexibility index (Phi) is 7.94. The molecule has 3 rings (SSSR count). The van der Waals surface area contributed by atoms with Crippen molar-refractivity contribution in [2.24, 2.45) is 0 Å². The third kappa shape index (κ3) is 4.73. The fourth-order valence-electron chi connectivity index (χ4n) is 2.79. The number of rotatable bonds is 5. The van der Waals surface area contributed by atoms with Crippen LogP contribution in [0.15, 0.2) is 84.9 Å². The maximum Gasteiger partial charge on any atom is 0.0461 e. The van der Waals surface area contributed by atoms with Crippen LogP contribution in [0.5, 0.6) is 0 Å². The quantitative estimate of drug-likeness (QED) is 0.458. The second-order valence-corrected chi connectivity index (χ2v) is 5.91. The van der Waals surface area contributed by atoms with Gasteiger partial charge < -0.3 is 4.90 Å². The van der Waals surface area contributed by atoms with E-state index in [9.17, 15) is 0 Å². The molecular weight excluding hydrogens is 302 g/mol.